The topological polar surface area (TPSA) is 58.6 Å². The van der Waals surface area contributed by atoms with Crippen LogP contribution in [-0.4, -0.2) is 20.7 Å². The quantitative estimate of drug-likeness (QED) is 0.435. The van der Waals surface area contributed by atoms with Crippen molar-refractivity contribution in [1.29, 1.82) is 0 Å². The first-order chi connectivity index (χ1) is 12.1. The van der Waals surface area contributed by atoms with Crippen LogP contribution >= 0.6 is 22.6 Å². The highest BCUT2D eigenvalue weighted by Crippen LogP contribution is 2.39. The second-order valence-corrected chi connectivity index (χ2v) is 8.36. The minimum Gasteiger partial charge on any atom is -0.344 e. The lowest BCUT2D eigenvalue weighted by molar-refractivity contribution is 0.0751. The number of fused-ring (bicyclic) bond motifs is 1. The van der Waals surface area contributed by atoms with Gasteiger partial charge in [-0.3, -0.25) is 4.79 Å². The number of H-pyrrole nitrogens is 1. The molecule has 1 saturated carbocycles. The molecule has 1 fully saturated rings. The highest BCUT2D eigenvalue weighted by molar-refractivity contribution is 14.1. The average Bonchev–Trinajstić information content (AvgIpc) is 3.04. The number of hydrogen-bond acceptors (Lipinski definition) is 3. The van der Waals surface area contributed by atoms with Crippen molar-refractivity contribution < 1.29 is 4.79 Å². The van der Waals surface area contributed by atoms with Gasteiger partial charge in [-0.15, -0.1) is 0 Å². The van der Waals surface area contributed by atoms with E-state index >= 15 is 0 Å². The normalized spacial score (nSPS) is 16.9. The van der Waals surface area contributed by atoms with Gasteiger partial charge in [0.15, 0.2) is 11.4 Å². The molecule has 1 aliphatic rings. The van der Waals surface area contributed by atoms with Crippen molar-refractivity contribution in [3.63, 3.8) is 0 Å². The zero-order valence-electron chi connectivity index (χ0n) is 14.2. The van der Waals surface area contributed by atoms with E-state index < -0.39 is 0 Å². The molecule has 1 aliphatic carbocycles. The molecule has 1 N–H and O–H groups in total. The standard InChI is InChI=1S/C20H20IN3O/c1-20(8-3-2-4-9-20)18(25)15-11-22-19-17(15)24-16(12-23-19)13-6-5-7-14(21)10-13/h5-7,10-12H,2-4,8-9H2,1H3,(H,22,23). The van der Waals surface area contributed by atoms with Crippen LogP contribution in [0.4, 0.5) is 0 Å². The van der Waals surface area contributed by atoms with Crippen LogP contribution in [-0.2, 0) is 0 Å². The van der Waals surface area contributed by atoms with Gasteiger partial charge in [0.25, 0.3) is 0 Å². The van der Waals surface area contributed by atoms with Crippen molar-refractivity contribution in [2.75, 3.05) is 0 Å². The summed E-state index contributed by atoms with van der Waals surface area (Å²) in [6.45, 7) is 2.10. The van der Waals surface area contributed by atoms with E-state index in [1.54, 1.807) is 12.4 Å². The Morgan fingerprint density at radius 2 is 2.04 bits per heavy atom. The number of aromatic nitrogens is 3. The molecule has 0 saturated heterocycles. The molecule has 3 aromatic rings. The van der Waals surface area contributed by atoms with E-state index in [0.29, 0.717) is 16.7 Å². The number of nitrogens with zero attached hydrogens (tertiary/aromatic N) is 2. The fourth-order valence-electron chi connectivity index (χ4n) is 3.74. The molecule has 25 heavy (non-hydrogen) atoms. The van der Waals surface area contributed by atoms with Gasteiger partial charge in [0.05, 0.1) is 17.5 Å². The molecule has 4 rings (SSSR count). The zero-order valence-corrected chi connectivity index (χ0v) is 16.3. The van der Waals surface area contributed by atoms with E-state index in [-0.39, 0.29) is 11.2 Å². The van der Waals surface area contributed by atoms with Gasteiger partial charge in [0.1, 0.15) is 5.52 Å². The number of aromatic amines is 1. The number of Topliss-reactive ketones (excluding diaryl/α,β-unsaturated/α-hetero) is 1. The van der Waals surface area contributed by atoms with E-state index in [0.717, 1.165) is 40.5 Å². The molecule has 0 aliphatic heterocycles. The summed E-state index contributed by atoms with van der Waals surface area (Å²) < 4.78 is 1.15. The Labute approximate surface area is 160 Å². The Morgan fingerprint density at radius 3 is 2.80 bits per heavy atom. The molecule has 5 heteroatoms. The number of carbonyl (C=O) groups is 1. The fraction of sp³-hybridized carbons (Fsp3) is 0.350. The summed E-state index contributed by atoms with van der Waals surface area (Å²) in [6, 6.07) is 8.15. The summed E-state index contributed by atoms with van der Waals surface area (Å²) in [5, 5.41) is 0. The lowest BCUT2D eigenvalue weighted by atomic mass is 9.71. The van der Waals surface area contributed by atoms with Crippen molar-refractivity contribution in [2.45, 2.75) is 39.0 Å². The van der Waals surface area contributed by atoms with Crippen LogP contribution in [0, 0.1) is 8.99 Å². The third kappa shape index (κ3) is 3.10. The van der Waals surface area contributed by atoms with Gasteiger partial charge in [0.2, 0.25) is 0 Å². The SMILES string of the molecule is CC1(C(=O)c2c[nH]c3ncc(-c4cccc(I)c4)nc23)CCCCC1. The van der Waals surface area contributed by atoms with Crippen molar-refractivity contribution >= 4 is 39.5 Å². The number of rotatable bonds is 3. The third-order valence-corrected chi connectivity index (χ3v) is 5.92. The number of benzene rings is 1. The van der Waals surface area contributed by atoms with Crippen LogP contribution in [0.1, 0.15) is 49.4 Å². The summed E-state index contributed by atoms with van der Waals surface area (Å²) in [4.78, 5) is 25.6. The largest absolute Gasteiger partial charge is 0.344 e. The van der Waals surface area contributed by atoms with Crippen LogP contribution in [0.5, 0.6) is 0 Å². The van der Waals surface area contributed by atoms with Crippen molar-refractivity contribution in [3.05, 3.63) is 45.8 Å². The molecule has 0 radical (unpaired) electrons. The summed E-state index contributed by atoms with van der Waals surface area (Å²) in [5.41, 5.74) is 3.59. The summed E-state index contributed by atoms with van der Waals surface area (Å²) in [5.74, 6) is 0.201. The number of hydrogen-bond donors (Lipinski definition) is 1. The molecular formula is C20H20IN3O. The first-order valence-corrected chi connectivity index (χ1v) is 9.80. The molecule has 0 amide bonds. The number of carbonyl (C=O) groups excluding carboxylic acids is 1. The van der Waals surface area contributed by atoms with E-state index in [9.17, 15) is 4.79 Å². The lowest BCUT2D eigenvalue weighted by Crippen LogP contribution is -2.30. The van der Waals surface area contributed by atoms with Crippen LogP contribution in [0.2, 0.25) is 0 Å². The van der Waals surface area contributed by atoms with Gasteiger partial charge in [-0.1, -0.05) is 38.3 Å². The Morgan fingerprint density at radius 1 is 1.24 bits per heavy atom. The molecular weight excluding hydrogens is 425 g/mol. The van der Waals surface area contributed by atoms with Gasteiger partial charge in [0, 0.05) is 20.7 Å². The van der Waals surface area contributed by atoms with Crippen LogP contribution in [0.25, 0.3) is 22.4 Å². The van der Waals surface area contributed by atoms with E-state index in [4.69, 9.17) is 4.98 Å². The predicted octanol–water partition coefficient (Wildman–Crippen LogP) is 5.38. The van der Waals surface area contributed by atoms with Gasteiger partial charge < -0.3 is 4.98 Å². The van der Waals surface area contributed by atoms with Crippen LogP contribution < -0.4 is 0 Å². The fourth-order valence-corrected chi connectivity index (χ4v) is 4.28. The zero-order chi connectivity index (χ0) is 17.4. The van der Waals surface area contributed by atoms with Gasteiger partial charge >= 0.3 is 0 Å². The van der Waals surface area contributed by atoms with E-state index in [1.807, 2.05) is 18.2 Å². The van der Waals surface area contributed by atoms with Crippen LogP contribution in [0.15, 0.2) is 36.7 Å². The highest BCUT2D eigenvalue weighted by atomic mass is 127. The van der Waals surface area contributed by atoms with E-state index in [2.05, 4.69) is 45.5 Å². The Hall–Kier alpha value is -1.76. The molecule has 0 unspecified atom stereocenters. The molecule has 1 aromatic carbocycles. The Balaban J connectivity index is 1.78. The van der Waals surface area contributed by atoms with Crippen LogP contribution in [0.3, 0.4) is 0 Å². The number of halogens is 1. The maximum absolute atomic E-state index is 13.2. The monoisotopic (exact) mass is 445 g/mol. The van der Waals surface area contributed by atoms with Crippen molar-refractivity contribution in [1.82, 2.24) is 15.0 Å². The Kier molecular flexibility index (Phi) is 4.35. The molecule has 0 atom stereocenters. The van der Waals surface area contributed by atoms with E-state index in [1.165, 1.54) is 6.42 Å². The predicted molar refractivity (Wildman–Crippen MR) is 108 cm³/mol. The average molecular weight is 445 g/mol. The minimum atomic E-state index is -0.271. The van der Waals surface area contributed by atoms with Gasteiger partial charge in [-0.05, 0) is 47.6 Å². The first-order valence-electron chi connectivity index (χ1n) is 8.72. The number of ketones is 1. The maximum Gasteiger partial charge on any atom is 0.172 e. The molecule has 0 bridgehead atoms. The van der Waals surface area contributed by atoms with Crippen molar-refractivity contribution in [2.24, 2.45) is 5.41 Å². The molecule has 0 spiro atoms. The molecule has 2 heterocycles. The molecule has 2 aromatic heterocycles. The highest BCUT2D eigenvalue weighted by Gasteiger charge is 2.36. The summed E-state index contributed by atoms with van der Waals surface area (Å²) in [6.07, 6.45) is 8.96. The van der Waals surface area contributed by atoms with Crippen molar-refractivity contribution in [3.8, 4) is 11.3 Å². The third-order valence-electron chi connectivity index (χ3n) is 5.25. The summed E-state index contributed by atoms with van der Waals surface area (Å²) >= 11 is 2.29. The minimum absolute atomic E-state index is 0.201. The van der Waals surface area contributed by atoms with Gasteiger partial charge in [-0.2, -0.15) is 0 Å². The van der Waals surface area contributed by atoms with Gasteiger partial charge in [-0.25, -0.2) is 9.97 Å². The molecule has 4 nitrogen and oxygen atoms in total. The number of nitrogens with one attached hydrogen (secondary N) is 1. The smallest absolute Gasteiger partial charge is 0.172 e. The maximum atomic E-state index is 13.2. The second kappa shape index (κ2) is 6.52. The Bertz CT molecular complexity index is 941. The lowest BCUT2D eigenvalue weighted by Gasteiger charge is -2.31. The molecule has 128 valence electrons. The second-order valence-electron chi connectivity index (χ2n) is 7.12. The first kappa shape index (κ1) is 16.7. The summed E-state index contributed by atoms with van der Waals surface area (Å²) in [7, 11) is 0.